The van der Waals surface area contributed by atoms with E-state index in [0.717, 1.165) is 48.4 Å². The van der Waals surface area contributed by atoms with E-state index in [1.165, 1.54) is 12.1 Å². The number of hydrogen-bond acceptors (Lipinski definition) is 5. The number of carbonyl (C=O) groups is 1. The summed E-state index contributed by atoms with van der Waals surface area (Å²) in [4.78, 5) is 26.6. The summed E-state index contributed by atoms with van der Waals surface area (Å²) >= 11 is 0. The van der Waals surface area contributed by atoms with Gasteiger partial charge >= 0.3 is 0 Å². The molecule has 2 aliphatic rings. The second-order valence-electron chi connectivity index (χ2n) is 8.89. The largest absolute Gasteiger partial charge is 0.495 e. The van der Waals surface area contributed by atoms with Gasteiger partial charge in [0, 0.05) is 19.3 Å². The Kier molecular flexibility index (Phi) is 6.11. The SMILES string of the molecule is COc1cc(C=C2N=C(N3CCCC3)N([C@@H](C)c3ccc(F)cc3)C2=O)ccc1-n1cnc(C)c1. The topological polar surface area (TPSA) is 63.0 Å². The smallest absolute Gasteiger partial charge is 0.279 e. The minimum absolute atomic E-state index is 0.169. The van der Waals surface area contributed by atoms with Crippen molar-refractivity contribution in [3.8, 4) is 11.4 Å². The van der Waals surface area contributed by atoms with Gasteiger partial charge in [0.05, 0.1) is 30.9 Å². The molecule has 0 bridgehead atoms. The van der Waals surface area contributed by atoms with E-state index in [2.05, 4.69) is 9.88 Å². The van der Waals surface area contributed by atoms with Crippen molar-refractivity contribution in [1.82, 2.24) is 19.4 Å². The fourth-order valence-corrected chi connectivity index (χ4v) is 4.61. The van der Waals surface area contributed by atoms with E-state index in [-0.39, 0.29) is 17.8 Å². The quantitative estimate of drug-likeness (QED) is 0.503. The molecule has 0 saturated carbocycles. The molecule has 2 aromatic carbocycles. The van der Waals surface area contributed by atoms with E-state index in [1.54, 1.807) is 36.5 Å². The molecule has 1 saturated heterocycles. The summed E-state index contributed by atoms with van der Waals surface area (Å²) in [5, 5.41) is 0. The average molecular weight is 474 g/mol. The van der Waals surface area contributed by atoms with Crippen molar-refractivity contribution < 1.29 is 13.9 Å². The number of nitrogens with zero attached hydrogens (tertiary/aromatic N) is 5. The van der Waals surface area contributed by atoms with E-state index in [1.807, 2.05) is 42.8 Å². The van der Waals surface area contributed by atoms with Gasteiger partial charge in [0.1, 0.15) is 17.3 Å². The maximum atomic E-state index is 13.6. The van der Waals surface area contributed by atoms with Crippen LogP contribution < -0.4 is 4.74 Å². The van der Waals surface area contributed by atoms with Crippen molar-refractivity contribution in [2.75, 3.05) is 20.2 Å². The maximum Gasteiger partial charge on any atom is 0.279 e. The van der Waals surface area contributed by atoms with Gasteiger partial charge in [0.15, 0.2) is 0 Å². The van der Waals surface area contributed by atoms with Crippen LogP contribution in [0.25, 0.3) is 11.8 Å². The van der Waals surface area contributed by atoms with Crippen molar-refractivity contribution in [2.24, 2.45) is 4.99 Å². The lowest BCUT2D eigenvalue weighted by Gasteiger charge is -2.30. The van der Waals surface area contributed by atoms with E-state index in [9.17, 15) is 9.18 Å². The molecule has 0 unspecified atom stereocenters. The van der Waals surface area contributed by atoms with Gasteiger partial charge in [-0.2, -0.15) is 0 Å². The van der Waals surface area contributed by atoms with Crippen LogP contribution in [0.3, 0.4) is 0 Å². The van der Waals surface area contributed by atoms with Crippen molar-refractivity contribution >= 4 is 17.9 Å². The lowest BCUT2D eigenvalue weighted by Crippen LogP contribution is -2.43. The molecule has 35 heavy (non-hydrogen) atoms. The molecule has 0 radical (unpaired) electrons. The molecule has 2 aliphatic heterocycles. The number of aryl methyl sites for hydroxylation is 1. The zero-order valence-corrected chi connectivity index (χ0v) is 20.1. The lowest BCUT2D eigenvalue weighted by molar-refractivity contribution is -0.124. The predicted molar refractivity (Wildman–Crippen MR) is 133 cm³/mol. The number of aromatic nitrogens is 2. The summed E-state index contributed by atoms with van der Waals surface area (Å²) in [6.07, 6.45) is 7.60. The van der Waals surface area contributed by atoms with Gasteiger partial charge in [-0.1, -0.05) is 18.2 Å². The number of halogens is 1. The molecule has 1 amide bonds. The van der Waals surface area contributed by atoms with E-state index in [4.69, 9.17) is 9.73 Å². The van der Waals surface area contributed by atoms with Crippen molar-refractivity contribution in [1.29, 1.82) is 0 Å². The number of hydrogen-bond donors (Lipinski definition) is 0. The summed E-state index contributed by atoms with van der Waals surface area (Å²) in [5.41, 5.74) is 3.81. The summed E-state index contributed by atoms with van der Waals surface area (Å²) in [6.45, 7) is 5.60. The van der Waals surface area contributed by atoms with Crippen molar-refractivity contribution in [3.63, 3.8) is 0 Å². The fraction of sp³-hybridized carbons (Fsp3) is 0.296. The molecule has 0 spiro atoms. The van der Waals surface area contributed by atoms with Crippen LogP contribution in [0.15, 0.2) is 65.7 Å². The number of methoxy groups -OCH3 is 1. The zero-order valence-electron chi connectivity index (χ0n) is 20.1. The summed E-state index contributed by atoms with van der Waals surface area (Å²) < 4.78 is 21.0. The fourth-order valence-electron chi connectivity index (χ4n) is 4.61. The van der Waals surface area contributed by atoms with Gasteiger partial charge < -0.3 is 14.2 Å². The van der Waals surface area contributed by atoms with Crippen LogP contribution in [-0.2, 0) is 4.79 Å². The molecule has 180 valence electrons. The second kappa shape index (κ2) is 9.37. The Morgan fingerprint density at radius 2 is 1.86 bits per heavy atom. The Morgan fingerprint density at radius 1 is 1.11 bits per heavy atom. The van der Waals surface area contributed by atoms with Gasteiger partial charge in [-0.15, -0.1) is 0 Å². The van der Waals surface area contributed by atoms with E-state index in [0.29, 0.717) is 17.4 Å². The van der Waals surface area contributed by atoms with Crippen LogP contribution >= 0.6 is 0 Å². The normalized spacial score (nSPS) is 17.9. The summed E-state index contributed by atoms with van der Waals surface area (Å²) in [6, 6.07) is 11.8. The minimum atomic E-state index is -0.300. The van der Waals surface area contributed by atoms with Gasteiger partial charge in [-0.05, 0) is 68.2 Å². The number of imidazole rings is 1. The second-order valence-corrected chi connectivity index (χ2v) is 8.89. The highest BCUT2D eigenvalue weighted by molar-refractivity contribution is 6.14. The first kappa shape index (κ1) is 22.8. The number of amides is 1. The average Bonchev–Trinajstić information content (AvgIpc) is 3.60. The first-order valence-electron chi connectivity index (χ1n) is 11.8. The number of aliphatic imine (C=N–C) groups is 1. The molecule has 1 aromatic heterocycles. The molecule has 7 nitrogen and oxygen atoms in total. The predicted octanol–water partition coefficient (Wildman–Crippen LogP) is 4.72. The zero-order chi connectivity index (χ0) is 24.5. The highest BCUT2D eigenvalue weighted by atomic mass is 19.1. The number of benzene rings is 2. The Bertz CT molecular complexity index is 1310. The first-order valence-corrected chi connectivity index (χ1v) is 11.8. The number of ether oxygens (including phenoxy) is 1. The Labute approximate surface area is 204 Å². The first-order chi connectivity index (χ1) is 16.9. The standard InChI is InChI=1S/C27H28FN5O2/c1-18-16-32(17-29-18)24-11-6-20(15-25(24)35-3)14-23-26(34)33(27(30-23)31-12-4-5-13-31)19(2)21-7-9-22(28)10-8-21/h6-11,14-17,19H,4-5,12-13H2,1-3H3/t19-/m0/s1. The highest BCUT2D eigenvalue weighted by Gasteiger charge is 2.38. The lowest BCUT2D eigenvalue weighted by atomic mass is 10.1. The van der Waals surface area contributed by atoms with Gasteiger partial charge in [-0.25, -0.2) is 14.4 Å². The molecular formula is C27H28FN5O2. The number of likely N-dealkylation sites (tertiary alicyclic amines) is 1. The molecule has 3 aromatic rings. The van der Waals surface area contributed by atoms with Crippen LogP contribution in [0, 0.1) is 12.7 Å². The molecule has 3 heterocycles. The third kappa shape index (κ3) is 4.43. The third-order valence-electron chi connectivity index (χ3n) is 6.50. The van der Waals surface area contributed by atoms with Crippen LogP contribution in [0.4, 0.5) is 4.39 Å². The number of carbonyl (C=O) groups excluding carboxylic acids is 1. The molecule has 0 aliphatic carbocycles. The Hall–Kier alpha value is -3.94. The molecular weight excluding hydrogens is 445 g/mol. The van der Waals surface area contributed by atoms with Gasteiger partial charge in [0.25, 0.3) is 5.91 Å². The van der Waals surface area contributed by atoms with Gasteiger partial charge in [-0.3, -0.25) is 9.69 Å². The summed E-state index contributed by atoms with van der Waals surface area (Å²) in [5.74, 6) is 0.860. The molecule has 8 heteroatoms. The van der Waals surface area contributed by atoms with Crippen molar-refractivity contribution in [2.45, 2.75) is 32.7 Å². The van der Waals surface area contributed by atoms with E-state index < -0.39 is 0 Å². The third-order valence-corrected chi connectivity index (χ3v) is 6.50. The van der Waals surface area contributed by atoms with E-state index >= 15 is 0 Å². The van der Waals surface area contributed by atoms with Crippen LogP contribution in [0.5, 0.6) is 5.75 Å². The Balaban J connectivity index is 1.50. The van der Waals surface area contributed by atoms with Crippen LogP contribution in [-0.4, -0.2) is 51.4 Å². The van der Waals surface area contributed by atoms with Crippen LogP contribution in [0.1, 0.15) is 42.6 Å². The maximum absolute atomic E-state index is 13.6. The molecule has 5 rings (SSSR count). The molecule has 0 N–H and O–H groups in total. The Morgan fingerprint density at radius 3 is 2.51 bits per heavy atom. The van der Waals surface area contributed by atoms with Crippen LogP contribution in [0.2, 0.25) is 0 Å². The number of guanidine groups is 1. The molecule has 1 fully saturated rings. The minimum Gasteiger partial charge on any atom is -0.495 e. The molecule has 1 atom stereocenters. The van der Waals surface area contributed by atoms with Crippen molar-refractivity contribution in [3.05, 3.63) is 83.3 Å². The van der Waals surface area contributed by atoms with Gasteiger partial charge in [0.2, 0.25) is 5.96 Å². The summed E-state index contributed by atoms with van der Waals surface area (Å²) in [7, 11) is 1.62. The highest BCUT2D eigenvalue weighted by Crippen LogP contribution is 2.32. The monoisotopic (exact) mass is 473 g/mol. The number of rotatable bonds is 5.